The number of para-hydroxylation sites is 1. The van der Waals surface area contributed by atoms with Crippen LogP contribution in [0, 0.1) is 6.92 Å². The van der Waals surface area contributed by atoms with Gasteiger partial charge in [0.1, 0.15) is 0 Å². The maximum absolute atomic E-state index is 12.5. The van der Waals surface area contributed by atoms with Gasteiger partial charge in [0.05, 0.1) is 36.2 Å². The first-order valence-corrected chi connectivity index (χ1v) is 9.41. The molecule has 2 rings (SSSR count). The Kier molecular flexibility index (Phi) is 7.12. The van der Waals surface area contributed by atoms with E-state index in [2.05, 4.69) is 10.3 Å². The van der Waals surface area contributed by atoms with Crippen LogP contribution in [0.15, 0.2) is 29.2 Å². The number of esters is 1. The Morgan fingerprint density at radius 1 is 1.21 bits per heavy atom. The van der Waals surface area contributed by atoms with E-state index in [4.69, 9.17) is 4.74 Å². The quantitative estimate of drug-likeness (QED) is 0.393. The number of ether oxygens (including phenoxy) is 1. The van der Waals surface area contributed by atoms with Gasteiger partial charge in [0.2, 0.25) is 5.91 Å². The molecule has 0 radical (unpaired) electrons. The van der Waals surface area contributed by atoms with Crippen LogP contribution in [0.1, 0.15) is 39.0 Å². The van der Waals surface area contributed by atoms with E-state index in [1.807, 2.05) is 0 Å². The van der Waals surface area contributed by atoms with Gasteiger partial charge in [0, 0.05) is 17.5 Å². The molecule has 0 aliphatic rings. The minimum absolute atomic E-state index is 0.0904. The molecule has 0 atom stereocenters. The third-order valence-corrected chi connectivity index (χ3v) is 5.10. The normalized spacial score (nSPS) is 11.2. The van der Waals surface area contributed by atoms with Crippen molar-refractivity contribution in [1.29, 1.82) is 0 Å². The highest BCUT2D eigenvalue weighted by molar-refractivity contribution is 7.99. The number of anilines is 1. The van der Waals surface area contributed by atoms with Gasteiger partial charge in [0.15, 0.2) is 5.78 Å². The van der Waals surface area contributed by atoms with Crippen LogP contribution in [-0.4, -0.2) is 41.7 Å². The molecule has 29 heavy (non-hydrogen) atoms. The van der Waals surface area contributed by atoms with Gasteiger partial charge in [-0.2, -0.15) is 13.2 Å². The van der Waals surface area contributed by atoms with Gasteiger partial charge in [-0.15, -0.1) is 11.8 Å². The predicted molar refractivity (Wildman–Crippen MR) is 102 cm³/mol. The zero-order valence-corrected chi connectivity index (χ0v) is 16.7. The molecule has 0 aliphatic heterocycles. The summed E-state index contributed by atoms with van der Waals surface area (Å²) in [5.41, 5.74) is 1.06. The Hall–Kier alpha value is -2.75. The lowest BCUT2D eigenvalue weighted by Crippen LogP contribution is -2.18. The molecule has 6 nitrogen and oxygen atoms in total. The number of H-pyrrole nitrogens is 1. The Labute approximate surface area is 169 Å². The molecule has 0 fully saturated rings. The van der Waals surface area contributed by atoms with Gasteiger partial charge < -0.3 is 15.0 Å². The van der Waals surface area contributed by atoms with E-state index in [1.54, 1.807) is 19.1 Å². The number of benzene rings is 1. The molecule has 0 aliphatic carbocycles. The number of alkyl halides is 3. The summed E-state index contributed by atoms with van der Waals surface area (Å²) in [4.78, 5) is 39.3. The van der Waals surface area contributed by atoms with Crippen LogP contribution in [0.2, 0.25) is 0 Å². The summed E-state index contributed by atoms with van der Waals surface area (Å²) < 4.78 is 42.2. The van der Waals surface area contributed by atoms with Crippen molar-refractivity contribution in [2.24, 2.45) is 0 Å². The summed E-state index contributed by atoms with van der Waals surface area (Å²) in [5.74, 6) is -2.67. The zero-order valence-electron chi connectivity index (χ0n) is 15.9. The molecule has 156 valence electrons. The lowest BCUT2D eigenvalue weighted by Gasteiger charge is -2.12. The summed E-state index contributed by atoms with van der Waals surface area (Å²) in [6.07, 6.45) is -4.64. The van der Waals surface area contributed by atoms with Crippen molar-refractivity contribution in [1.82, 2.24) is 4.98 Å². The van der Waals surface area contributed by atoms with Gasteiger partial charge >= 0.3 is 12.1 Å². The number of rotatable bonds is 7. The summed E-state index contributed by atoms with van der Waals surface area (Å²) in [6, 6.07) is 6.11. The minimum Gasteiger partial charge on any atom is -0.465 e. The molecule has 0 bridgehead atoms. The molecule has 2 aromatic rings. The second kappa shape index (κ2) is 9.17. The van der Waals surface area contributed by atoms with Crippen LogP contribution in [0.25, 0.3) is 0 Å². The average molecular weight is 428 g/mol. The highest BCUT2D eigenvalue weighted by Gasteiger charge is 2.28. The molecule has 1 aromatic carbocycles. The SMILES string of the molecule is COC(=O)c1c(CC(=O)Nc2ccccc2SCC(F)(F)F)[nH]c(C(C)=O)c1C. The summed E-state index contributed by atoms with van der Waals surface area (Å²) in [7, 11) is 1.18. The van der Waals surface area contributed by atoms with Crippen LogP contribution >= 0.6 is 11.8 Å². The molecule has 2 N–H and O–H groups in total. The predicted octanol–water partition coefficient (Wildman–Crippen LogP) is 4.15. The number of thioether (sulfide) groups is 1. The Balaban J connectivity index is 2.23. The number of carbonyl (C=O) groups is 3. The van der Waals surface area contributed by atoms with E-state index in [0.717, 1.165) is 0 Å². The number of aromatic amines is 1. The third-order valence-electron chi connectivity index (χ3n) is 3.96. The summed E-state index contributed by atoms with van der Waals surface area (Å²) in [5, 5.41) is 2.55. The molecule has 0 spiro atoms. The lowest BCUT2D eigenvalue weighted by molar-refractivity contribution is -0.115. The topological polar surface area (TPSA) is 88.3 Å². The Bertz CT molecular complexity index is 938. The minimum atomic E-state index is -4.35. The van der Waals surface area contributed by atoms with Crippen LogP contribution < -0.4 is 5.32 Å². The largest absolute Gasteiger partial charge is 0.465 e. The summed E-state index contributed by atoms with van der Waals surface area (Å²) >= 11 is 0.558. The van der Waals surface area contributed by atoms with E-state index in [1.165, 1.54) is 26.2 Å². The third kappa shape index (κ3) is 5.86. The van der Waals surface area contributed by atoms with Crippen molar-refractivity contribution in [3.05, 3.63) is 46.8 Å². The molecular weight excluding hydrogens is 409 g/mol. The molecule has 0 unspecified atom stereocenters. The molecule has 0 saturated heterocycles. The number of carbonyl (C=O) groups excluding carboxylic acids is 3. The highest BCUT2D eigenvalue weighted by Crippen LogP contribution is 2.32. The number of hydrogen-bond acceptors (Lipinski definition) is 5. The number of Topliss-reactive ketones (excluding diaryl/α,β-unsaturated/α-hetero) is 1. The van der Waals surface area contributed by atoms with Gasteiger partial charge in [0.25, 0.3) is 0 Å². The lowest BCUT2D eigenvalue weighted by atomic mass is 10.1. The van der Waals surface area contributed by atoms with Crippen LogP contribution in [0.3, 0.4) is 0 Å². The number of methoxy groups -OCH3 is 1. The van der Waals surface area contributed by atoms with Crippen LogP contribution in [-0.2, 0) is 16.0 Å². The molecule has 10 heteroatoms. The standard InChI is InChI=1S/C19H19F3N2O4S/c1-10-16(18(27)28-3)13(24-17(10)11(2)25)8-15(26)23-12-6-4-5-7-14(12)29-9-19(20,21)22/h4-7,24H,8-9H2,1-3H3,(H,23,26). The van der Waals surface area contributed by atoms with Gasteiger partial charge in [-0.05, 0) is 24.6 Å². The zero-order chi connectivity index (χ0) is 21.8. The number of halogens is 3. The summed E-state index contributed by atoms with van der Waals surface area (Å²) in [6.45, 7) is 2.88. The second-order valence-electron chi connectivity index (χ2n) is 6.15. The number of nitrogens with one attached hydrogen (secondary N) is 2. The van der Waals surface area contributed by atoms with Crippen molar-refractivity contribution >= 4 is 35.1 Å². The van der Waals surface area contributed by atoms with E-state index < -0.39 is 23.8 Å². The Morgan fingerprint density at radius 3 is 2.45 bits per heavy atom. The first-order valence-electron chi connectivity index (χ1n) is 8.42. The van der Waals surface area contributed by atoms with Gasteiger partial charge in [-0.1, -0.05) is 12.1 Å². The van der Waals surface area contributed by atoms with Crippen LogP contribution in [0.5, 0.6) is 0 Å². The van der Waals surface area contributed by atoms with Gasteiger partial charge in [-0.25, -0.2) is 4.79 Å². The maximum atomic E-state index is 12.5. The maximum Gasteiger partial charge on any atom is 0.398 e. The fourth-order valence-corrected chi connectivity index (χ4v) is 3.50. The average Bonchev–Trinajstić information content (AvgIpc) is 2.95. The van der Waals surface area contributed by atoms with Crippen molar-refractivity contribution in [3.8, 4) is 0 Å². The second-order valence-corrected chi connectivity index (χ2v) is 7.17. The number of amides is 1. The van der Waals surface area contributed by atoms with Crippen LogP contribution in [0.4, 0.5) is 18.9 Å². The molecule has 0 saturated carbocycles. The van der Waals surface area contributed by atoms with E-state index in [9.17, 15) is 27.6 Å². The number of hydrogen-bond donors (Lipinski definition) is 2. The molecular formula is C19H19F3N2O4S. The van der Waals surface area contributed by atoms with Crippen molar-refractivity contribution in [2.75, 3.05) is 18.2 Å². The van der Waals surface area contributed by atoms with E-state index >= 15 is 0 Å². The fourth-order valence-electron chi connectivity index (χ4n) is 2.73. The fraction of sp³-hybridized carbons (Fsp3) is 0.316. The van der Waals surface area contributed by atoms with E-state index in [0.29, 0.717) is 17.3 Å². The van der Waals surface area contributed by atoms with Crippen molar-refractivity contribution in [3.63, 3.8) is 0 Å². The first kappa shape index (κ1) is 22.5. The van der Waals surface area contributed by atoms with Crippen molar-refractivity contribution in [2.45, 2.75) is 31.3 Å². The monoisotopic (exact) mass is 428 g/mol. The van der Waals surface area contributed by atoms with Crippen molar-refractivity contribution < 1.29 is 32.3 Å². The van der Waals surface area contributed by atoms with E-state index in [-0.39, 0.29) is 39.7 Å². The number of aromatic nitrogens is 1. The van der Waals surface area contributed by atoms with Gasteiger partial charge in [-0.3, -0.25) is 9.59 Å². The first-order chi connectivity index (χ1) is 13.5. The Morgan fingerprint density at radius 2 is 1.86 bits per heavy atom. The smallest absolute Gasteiger partial charge is 0.398 e. The molecule has 1 aromatic heterocycles. The molecule has 1 amide bonds. The molecule has 1 heterocycles. The highest BCUT2D eigenvalue weighted by atomic mass is 32.2. The number of ketones is 1.